The molecule has 1 N–H and O–H groups in total. The van der Waals surface area contributed by atoms with Crippen molar-refractivity contribution < 1.29 is 9.59 Å². The van der Waals surface area contributed by atoms with Crippen LogP contribution in [-0.4, -0.2) is 74.4 Å². The molecule has 1 aliphatic heterocycles. The van der Waals surface area contributed by atoms with E-state index in [1.807, 2.05) is 33.7 Å². The number of aromatic nitrogens is 4. The van der Waals surface area contributed by atoms with E-state index < -0.39 is 0 Å². The summed E-state index contributed by atoms with van der Waals surface area (Å²) in [5.41, 5.74) is 1.87. The summed E-state index contributed by atoms with van der Waals surface area (Å²) in [5, 5.41) is 12.5. The van der Waals surface area contributed by atoms with Crippen LogP contribution in [0.5, 0.6) is 0 Å². The Kier molecular flexibility index (Phi) is 6.77. The number of carbonyl (C=O) groups excluding carboxylic acids is 2. The van der Waals surface area contributed by atoms with E-state index in [0.717, 1.165) is 46.4 Å². The Morgan fingerprint density at radius 1 is 1.09 bits per heavy atom. The van der Waals surface area contributed by atoms with Crippen molar-refractivity contribution in [1.82, 2.24) is 30.0 Å². The summed E-state index contributed by atoms with van der Waals surface area (Å²) in [7, 11) is 0. The highest BCUT2D eigenvalue weighted by molar-refractivity contribution is 8.01. The van der Waals surface area contributed by atoms with Gasteiger partial charge in [0, 0.05) is 32.2 Å². The van der Waals surface area contributed by atoms with Gasteiger partial charge < -0.3 is 19.7 Å². The van der Waals surface area contributed by atoms with Crippen molar-refractivity contribution >= 4 is 51.1 Å². The van der Waals surface area contributed by atoms with Crippen molar-refractivity contribution in [3.63, 3.8) is 0 Å². The van der Waals surface area contributed by atoms with Gasteiger partial charge in [0.15, 0.2) is 4.34 Å². The normalized spacial score (nSPS) is 17.1. The molecule has 174 valence electrons. The SMILES string of the molecule is O=C(CSc1nnc(N2CCN(C(=O)Cn3cnc4ccccc43)CC2)s1)NC1CCCC1. The lowest BCUT2D eigenvalue weighted by Crippen LogP contribution is -2.49. The van der Waals surface area contributed by atoms with Gasteiger partial charge in [-0.05, 0) is 25.0 Å². The molecule has 1 saturated heterocycles. The van der Waals surface area contributed by atoms with E-state index in [2.05, 4.69) is 25.4 Å². The van der Waals surface area contributed by atoms with Crippen LogP contribution in [0, 0.1) is 0 Å². The Morgan fingerprint density at radius 3 is 2.70 bits per heavy atom. The fraction of sp³-hybridized carbons (Fsp3) is 0.500. The molecule has 0 bridgehead atoms. The molecule has 3 heterocycles. The van der Waals surface area contributed by atoms with Crippen LogP contribution in [-0.2, 0) is 16.1 Å². The maximum atomic E-state index is 12.8. The fourth-order valence-corrected chi connectivity index (χ4v) is 6.09. The molecule has 0 radical (unpaired) electrons. The number of amides is 2. The second-order valence-corrected chi connectivity index (χ2v) is 10.6. The zero-order valence-corrected chi connectivity index (χ0v) is 20.0. The number of rotatable bonds is 7. The second kappa shape index (κ2) is 10.1. The van der Waals surface area contributed by atoms with Crippen LogP contribution in [0.3, 0.4) is 0 Å². The molecule has 1 aromatic carbocycles. The summed E-state index contributed by atoms with van der Waals surface area (Å²) in [6.07, 6.45) is 6.32. The predicted molar refractivity (Wildman–Crippen MR) is 130 cm³/mol. The van der Waals surface area contributed by atoms with E-state index in [-0.39, 0.29) is 11.8 Å². The van der Waals surface area contributed by atoms with Crippen molar-refractivity contribution in [3.05, 3.63) is 30.6 Å². The molecule has 2 aromatic heterocycles. The van der Waals surface area contributed by atoms with E-state index in [9.17, 15) is 9.59 Å². The number of hydrogen-bond acceptors (Lipinski definition) is 8. The number of nitrogens with one attached hydrogen (secondary N) is 1. The molecule has 1 aliphatic carbocycles. The number of para-hydroxylation sites is 2. The number of hydrogen-bond donors (Lipinski definition) is 1. The number of fused-ring (bicyclic) bond motifs is 1. The van der Waals surface area contributed by atoms with Crippen LogP contribution >= 0.6 is 23.1 Å². The van der Waals surface area contributed by atoms with E-state index in [1.165, 1.54) is 35.9 Å². The zero-order chi connectivity index (χ0) is 22.6. The van der Waals surface area contributed by atoms with Crippen molar-refractivity contribution in [1.29, 1.82) is 0 Å². The molecule has 3 aromatic rings. The largest absolute Gasteiger partial charge is 0.353 e. The van der Waals surface area contributed by atoms with Gasteiger partial charge in [-0.3, -0.25) is 9.59 Å². The minimum Gasteiger partial charge on any atom is -0.353 e. The lowest BCUT2D eigenvalue weighted by Gasteiger charge is -2.34. The summed E-state index contributed by atoms with van der Waals surface area (Å²) in [4.78, 5) is 33.4. The molecular weight excluding hydrogens is 458 g/mol. The Bertz CT molecular complexity index is 1120. The number of thioether (sulfide) groups is 1. The number of anilines is 1. The van der Waals surface area contributed by atoms with Crippen LogP contribution in [0.4, 0.5) is 5.13 Å². The van der Waals surface area contributed by atoms with Crippen LogP contribution in [0.25, 0.3) is 11.0 Å². The first kappa shape index (κ1) is 22.1. The monoisotopic (exact) mass is 485 g/mol. The number of carbonyl (C=O) groups is 2. The molecule has 0 spiro atoms. The van der Waals surface area contributed by atoms with E-state index in [0.29, 0.717) is 31.4 Å². The molecule has 2 amide bonds. The van der Waals surface area contributed by atoms with Gasteiger partial charge in [0.2, 0.25) is 16.9 Å². The third-order valence-electron chi connectivity index (χ3n) is 6.18. The number of nitrogens with zero attached hydrogens (tertiary/aromatic N) is 6. The molecule has 11 heteroatoms. The quantitative estimate of drug-likeness (QED) is 0.513. The molecule has 0 atom stereocenters. The number of piperazine rings is 1. The minimum atomic E-state index is 0.0708. The van der Waals surface area contributed by atoms with Gasteiger partial charge in [-0.2, -0.15) is 0 Å². The predicted octanol–water partition coefficient (Wildman–Crippen LogP) is 2.39. The molecule has 9 nitrogen and oxygen atoms in total. The smallest absolute Gasteiger partial charge is 0.242 e. The van der Waals surface area contributed by atoms with Gasteiger partial charge in [-0.25, -0.2) is 4.98 Å². The van der Waals surface area contributed by atoms with E-state index in [1.54, 1.807) is 6.33 Å². The van der Waals surface area contributed by atoms with Gasteiger partial charge in [0.25, 0.3) is 0 Å². The molecule has 2 fully saturated rings. The summed E-state index contributed by atoms with van der Waals surface area (Å²) >= 11 is 2.95. The third kappa shape index (κ3) is 5.30. The maximum absolute atomic E-state index is 12.8. The Morgan fingerprint density at radius 2 is 1.88 bits per heavy atom. The topological polar surface area (TPSA) is 96.3 Å². The summed E-state index contributed by atoms with van der Waals surface area (Å²) in [6.45, 7) is 3.04. The highest BCUT2D eigenvalue weighted by Gasteiger charge is 2.24. The zero-order valence-electron chi connectivity index (χ0n) is 18.4. The number of imidazole rings is 1. The Hall–Kier alpha value is -2.66. The maximum Gasteiger partial charge on any atom is 0.242 e. The lowest BCUT2D eigenvalue weighted by atomic mass is 10.2. The second-order valence-electron chi connectivity index (χ2n) is 8.42. The Labute approximate surface area is 200 Å². The molecule has 0 unspecified atom stereocenters. The number of benzene rings is 1. The van der Waals surface area contributed by atoms with Gasteiger partial charge in [-0.1, -0.05) is 48.1 Å². The van der Waals surface area contributed by atoms with Crippen LogP contribution in [0.15, 0.2) is 34.9 Å². The lowest BCUT2D eigenvalue weighted by molar-refractivity contribution is -0.132. The van der Waals surface area contributed by atoms with Crippen molar-refractivity contribution in [2.75, 3.05) is 36.8 Å². The fourth-order valence-electron chi connectivity index (χ4n) is 4.38. The first-order valence-electron chi connectivity index (χ1n) is 11.3. The molecule has 33 heavy (non-hydrogen) atoms. The Balaban J connectivity index is 1.09. The summed E-state index contributed by atoms with van der Waals surface area (Å²) < 4.78 is 2.71. The average molecular weight is 486 g/mol. The van der Waals surface area contributed by atoms with Gasteiger partial charge in [-0.15, -0.1) is 10.2 Å². The van der Waals surface area contributed by atoms with E-state index in [4.69, 9.17) is 0 Å². The molecule has 5 rings (SSSR count). The van der Waals surface area contributed by atoms with Crippen LogP contribution in [0.2, 0.25) is 0 Å². The first-order chi connectivity index (χ1) is 16.2. The average Bonchev–Trinajstić information content (AvgIpc) is 3.60. The van der Waals surface area contributed by atoms with E-state index >= 15 is 0 Å². The highest BCUT2D eigenvalue weighted by atomic mass is 32.2. The van der Waals surface area contributed by atoms with Crippen molar-refractivity contribution in [2.24, 2.45) is 0 Å². The molecule has 1 saturated carbocycles. The van der Waals surface area contributed by atoms with Crippen molar-refractivity contribution in [3.8, 4) is 0 Å². The van der Waals surface area contributed by atoms with Crippen molar-refractivity contribution in [2.45, 2.75) is 42.6 Å². The molecule has 2 aliphatic rings. The third-order valence-corrected chi connectivity index (χ3v) is 8.30. The van der Waals surface area contributed by atoms with Gasteiger partial charge in [0.05, 0.1) is 23.1 Å². The molecular formula is C22H27N7O2S2. The highest BCUT2D eigenvalue weighted by Crippen LogP contribution is 2.29. The van der Waals surface area contributed by atoms with Gasteiger partial charge >= 0.3 is 0 Å². The van der Waals surface area contributed by atoms with Gasteiger partial charge in [0.1, 0.15) is 6.54 Å². The van der Waals surface area contributed by atoms with Crippen LogP contribution < -0.4 is 10.2 Å². The first-order valence-corrected chi connectivity index (χ1v) is 13.1. The summed E-state index contributed by atoms with van der Waals surface area (Å²) in [6, 6.07) is 8.18. The van der Waals surface area contributed by atoms with Crippen LogP contribution in [0.1, 0.15) is 25.7 Å². The minimum absolute atomic E-state index is 0.0708. The standard InChI is InChI=1S/C22H27N7O2S2/c30-19(24-16-5-1-2-6-16)14-32-22-26-25-21(33-22)28-11-9-27(10-12-28)20(31)13-29-15-23-17-7-3-4-8-18(17)29/h3-4,7-8,15-16H,1-2,5-6,9-14H2,(H,24,30). The summed E-state index contributed by atoms with van der Waals surface area (Å²) in [5.74, 6) is 0.539.